The van der Waals surface area contributed by atoms with Crippen LogP contribution in [0.25, 0.3) is 0 Å². The lowest BCUT2D eigenvalue weighted by molar-refractivity contribution is 0.102. The van der Waals surface area contributed by atoms with Crippen molar-refractivity contribution in [3.05, 3.63) is 59.7 Å². The predicted molar refractivity (Wildman–Crippen MR) is 102 cm³/mol. The van der Waals surface area contributed by atoms with Crippen LogP contribution in [0.15, 0.2) is 48.5 Å². The molecule has 7 nitrogen and oxygen atoms in total. The number of carbonyl (C=O) groups is 2. The molecule has 0 radical (unpaired) electrons. The largest absolute Gasteiger partial charge is 0.376 e. The molecule has 3 rings (SSSR count). The summed E-state index contributed by atoms with van der Waals surface area (Å²) in [7, 11) is 0. The maximum atomic E-state index is 12.4. The van der Waals surface area contributed by atoms with E-state index in [0.29, 0.717) is 29.0 Å². The molecule has 138 valence electrons. The summed E-state index contributed by atoms with van der Waals surface area (Å²) in [5.74, 6) is -0.325. The molecule has 0 saturated carbocycles. The first-order valence-corrected chi connectivity index (χ1v) is 8.72. The smallest absolute Gasteiger partial charge is 0.319 e. The van der Waals surface area contributed by atoms with E-state index in [1.807, 2.05) is 6.07 Å². The van der Waals surface area contributed by atoms with Gasteiger partial charge in [-0.15, -0.1) is 0 Å². The fraction of sp³-hybridized carbons (Fsp3) is 0.250. The summed E-state index contributed by atoms with van der Waals surface area (Å²) in [6, 6.07) is 15.0. The molecule has 0 aliphatic carbocycles. The maximum Gasteiger partial charge on any atom is 0.319 e. The number of urea groups is 1. The maximum absolute atomic E-state index is 12.4. The minimum atomic E-state index is -0.343. The van der Waals surface area contributed by atoms with Crippen molar-refractivity contribution in [2.45, 2.75) is 18.9 Å². The lowest BCUT2D eigenvalue weighted by atomic mass is 10.1. The van der Waals surface area contributed by atoms with Gasteiger partial charge in [0.05, 0.1) is 17.7 Å². The second-order valence-electron chi connectivity index (χ2n) is 6.20. The van der Waals surface area contributed by atoms with E-state index >= 15 is 0 Å². The number of nitriles is 1. The monoisotopic (exact) mass is 364 g/mol. The van der Waals surface area contributed by atoms with Gasteiger partial charge in [0.2, 0.25) is 0 Å². The molecule has 1 fully saturated rings. The molecule has 0 aromatic heterocycles. The van der Waals surface area contributed by atoms with Gasteiger partial charge < -0.3 is 20.7 Å². The molecule has 3 amide bonds. The quantitative estimate of drug-likeness (QED) is 0.758. The summed E-state index contributed by atoms with van der Waals surface area (Å²) < 4.78 is 5.46. The highest BCUT2D eigenvalue weighted by Crippen LogP contribution is 2.15. The number of rotatable bonds is 5. The van der Waals surface area contributed by atoms with Gasteiger partial charge in [0.1, 0.15) is 0 Å². The van der Waals surface area contributed by atoms with Gasteiger partial charge in [-0.3, -0.25) is 4.79 Å². The van der Waals surface area contributed by atoms with Crippen molar-refractivity contribution in [3.8, 4) is 6.07 Å². The second kappa shape index (κ2) is 8.83. The van der Waals surface area contributed by atoms with Gasteiger partial charge in [0.25, 0.3) is 5.91 Å². The number of nitrogens with one attached hydrogen (secondary N) is 3. The van der Waals surface area contributed by atoms with E-state index in [-0.39, 0.29) is 18.0 Å². The molecule has 1 atom stereocenters. The first-order chi connectivity index (χ1) is 13.1. The van der Waals surface area contributed by atoms with Crippen LogP contribution in [-0.4, -0.2) is 31.2 Å². The SMILES string of the molecule is N#Cc1cccc(NC(=O)c2cccc(NC(=O)NCC3CCCO3)c2)c1. The molecule has 1 aliphatic rings. The van der Waals surface area contributed by atoms with E-state index in [9.17, 15) is 9.59 Å². The minimum Gasteiger partial charge on any atom is -0.376 e. The Balaban J connectivity index is 1.58. The van der Waals surface area contributed by atoms with E-state index in [4.69, 9.17) is 10.00 Å². The molecule has 3 N–H and O–H groups in total. The number of carbonyl (C=O) groups excluding carboxylic acids is 2. The number of ether oxygens (including phenoxy) is 1. The summed E-state index contributed by atoms with van der Waals surface area (Å²) in [6.07, 6.45) is 2.03. The molecule has 7 heteroatoms. The van der Waals surface area contributed by atoms with E-state index in [1.54, 1.807) is 48.5 Å². The van der Waals surface area contributed by atoms with Gasteiger partial charge in [-0.2, -0.15) is 5.26 Å². The molecule has 2 aromatic carbocycles. The third-order valence-electron chi connectivity index (χ3n) is 4.15. The molecule has 1 aliphatic heterocycles. The van der Waals surface area contributed by atoms with Crippen LogP contribution in [0.5, 0.6) is 0 Å². The molecule has 0 bridgehead atoms. The summed E-state index contributed by atoms with van der Waals surface area (Å²) >= 11 is 0. The molecule has 1 unspecified atom stereocenters. The van der Waals surface area contributed by atoms with Crippen LogP contribution in [-0.2, 0) is 4.74 Å². The Morgan fingerprint density at radius 1 is 1.11 bits per heavy atom. The summed E-state index contributed by atoms with van der Waals surface area (Å²) in [5.41, 5.74) is 1.91. The van der Waals surface area contributed by atoms with Gasteiger partial charge in [0.15, 0.2) is 0 Å². The Bertz CT molecular complexity index is 870. The van der Waals surface area contributed by atoms with E-state index in [2.05, 4.69) is 16.0 Å². The topological polar surface area (TPSA) is 103 Å². The molecule has 1 heterocycles. The highest BCUT2D eigenvalue weighted by atomic mass is 16.5. The van der Waals surface area contributed by atoms with E-state index in [0.717, 1.165) is 19.4 Å². The van der Waals surface area contributed by atoms with Crippen LogP contribution in [0.1, 0.15) is 28.8 Å². The van der Waals surface area contributed by atoms with Crippen molar-refractivity contribution in [1.82, 2.24) is 5.32 Å². The average molecular weight is 364 g/mol. The normalized spacial score (nSPS) is 15.6. The van der Waals surface area contributed by atoms with E-state index in [1.165, 1.54) is 0 Å². The van der Waals surface area contributed by atoms with Crippen molar-refractivity contribution in [2.75, 3.05) is 23.8 Å². The van der Waals surface area contributed by atoms with Gasteiger partial charge in [-0.25, -0.2) is 4.79 Å². The lowest BCUT2D eigenvalue weighted by Gasteiger charge is -2.12. The van der Waals surface area contributed by atoms with Gasteiger partial charge in [-0.05, 0) is 49.2 Å². The fourth-order valence-electron chi connectivity index (χ4n) is 2.80. The predicted octanol–water partition coefficient (Wildman–Crippen LogP) is 3.11. The highest BCUT2D eigenvalue weighted by Gasteiger charge is 2.16. The van der Waals surface area contributed by atoms with Gasteiger partial charge in [-0.1, -0.05) is 12.1 Å². The Kier molecular flexibility index (Phi) is 6.02. The first kappa shape index (κ1) is 18.4. The Morgan fingerprint density at radius 2 is 1.89 bits per heavy atom. The number of benzene rings is 2. The third kappa shape index (κ3) is 5.30. The Morgan fingerprint density at radius 3 is 2.63 bits per heavy atom. The number of hydrogen-bond acceptors (Lipinski definition) is 4. The van der Waals surface area contributed by atoms with Crippen molar-refractivity contribution < 1.29 is 14.3 Å². The number of anilines is 2. The van der Waals surface area contributed by atoms with E-state index < -0.39 is 0 Å². The first-order valence-electron chi connectivity index (χ1n) is 8.72. The number of hydrogen-bond donors (Lipinski definition) is 3. The zero-order valence-corrected chi connectivity index (χ0v) is 14.7. The van der Waals surface area contributed by atoms with Crippen LogP contribution in [0.2, 0.25) is 0 Å². The Labute approximate surface area is 157 Å². The number of amides is 3. The minimum absolute atomic E-state index is 0.0667. The van der Waals surface area contributed by atoms with Crippen molar-refractivity contribution in [1.29, 1.82) is 5.26 Å². The summed E-state index contributed by atoms with van der Waals surface area (Å²) in [5, 5.41) is 17.2. The summed E-state index contributed by atoms with van der Waals surface area (Å²) in [4.78, 5) is 24.4. The zero-order chi connectivity index (χ0) is 19.1. The van der Waals surface area contributed by atoms with Crippen molar-refractivity contribution >= 4 is 23.3 Å². The second-order valence-corrected chi connectivity index (χ2v) is 6.20. The zero-order valence-electron chi connectivity index (χ0n) is 14.7. The molecule has 0 spiro atoms. The lowest BCUT2D eigenvalue weighted by Crippen LogP contribution is -2.35. The molecular weight excluding hydrogens is 344 g/mol. The molecule has 2 aromatic rings. The average Bonchev–Trinajstić information content (AvgIpc) is 3.20. The van der Waals surface area contributed by atoms with Gasteiger partial charge in [0, 0.05) is 30.1 Å². The molecular formula is C20H20N4O3. The van der Waals surface area contributed by atoms with Crippen LogP contribution in [0.3, 0.4) is 0 Å². The summed E-state index contributed by atoms with van der Waals surface area (Å²) in [6.45, 7) is 1.20. The van der Waals surface area contributed by atoms with Gasteiger partial charge >= 0.3 is 6.03 Å². The molecule has 1 saturated heterocycles. The third-order valence-corrected chi connectivity index (χ3v) is 4.15. The van der Waals surface area contributed by atoms with Crippen molar-refractivity contribution in [3.63, 3.8) is 0 Å². The highest BCUT2D eigenvalue weighted by molar-refractivity contribution is 6.05. The van der Waals surface area contributed by atoms with Crippen LogP contribution in [0.4, 0.5) is 16.2 Å². The van der Waals surface area contributed by atoms with Crippen LogP contribution >= 0.6 is 0 Å². The molecule has 27 heavy (non-hydrogen) atoms. The standard InChI is InChI=1S/C20H20N4O3/c21-12-14-4-1-6-16(10-14)23-19(25)15-5-2-7-17(11-15)24-20(26)22-13-18-8-3-9-27-18/h1-2,4-7,10-11,18H,3,8-9,13H2,(H,23,25)(H2,22,24,26). The Hall–Kier alpha value is -3.37. The number of nitrogens with zero attached hydrogens (tertiary/aromatic N) is 1. The van der Waals surface area contributed by atoms with Crippen LogP contribution in [0, 0.1) is 11.3 Å². The fourth-order valence-corrected chi connectivity index (χ4v) is 2.80. The van der Waals surface area contributed by atoms with Crippen molar-refractivity contribution in [2.24, 2.45) is 0 Å². The van der Waals surface area contributed by atoms with Crippen LogP contribution < -0.4 is 16.0 Å².